The first-order chi connectivity index (χ1) is 11.9. The standard InChI is InChI=1S/C16H18F2N6O/c1-4-23-6-5-11(21-23)9-22(3)16(25)12-8-19-24-13(14(17)18)7-10(2)20-15(12)24/h5-8,14H,4,9H2,1-3H3. The van der Waals surface area contributed by atoms with Crippen molar-refractivity contribution in [2.45, 2.75) is 33.4 Å². The smallest absolute Gasteiger partial charge is 0.280 e. The van der Waals surface area contributed by atoms with Crippen LogP contribution in [0.15, 0.2) is 24.5 Å². The van der Waals surface area contributed by atoms with E-state index in [1.807, 2.05) is 19.2 Å². The lowest BCUT2D eigenvalue weighted by Gasteiger charge is -2.15. The average molecular weight is 348 g/mol. The molecule has 0 aromatic carbocycles. The summed E-state index contributed by atoms with van der Waals surface area (Å²) < 4.78 is 29.1. The van der Waals surface area contributed by atoms with Crippen LogP contribution in [0.4, 0.5) is 8.78 Å². The maximum atomic E-state index is 13.2. The zero-order valence-electron chi connectivity index (χ0n) is 14.1. The van der Waals surface area contributed by atoms with Crippen molar-refractivity contribution >= 4 is 11.6 Å². The van der Waals surface area contributed by atoms with E-state index in [2.05, 4.69) is 15.2 Å². The zero-order valence-corrected chi connectivity index (χ0v) is 14.1. The van der Waals surface area contributed by atoms with Gasteiger partial charge in [-0.15, -0.1) is 0 Å². The van der Waals surface area contributed by atoms with Crippen LogP contribution >= 0.6 is 0 Å². The van der Waals surface area contributed by atoms with Gasteiger partial charge in [0.05, 0.1) is 18.4 Å². The van der Waals surface area contributed by atoms with E-state index in [-0.39, 0.29) is 22.8 Å². The number of nitrogens with zero attached hydrogens (tertiary/aromatic N) is 6. The lowest BCUT2D eigenvalue weighted by atomic mass is 10.2. The summed E-state index contributed by atoms with van der Waals surface area (Å²) in [5.74, 6) is -0.348. The summed E-state index contributed by atoms with van der Waals surface area (Å²) in [6.07, 6.45) is 0.405. The molecule has 0 atom stereocenters. The normalized spacial score (nSPS) is 11.4. The molecule has 1 amide bonds. The molecule has 0 aliphatic rings. The number of rotatable bonds is 5. The lowest BCUT2D eigenvalue weighted by Crippen LogP contribution is -2.26. The summed E-state index contributed by atoms with van der Waals surface area (Å²) in [4.78, 5) is 18.4. The van der Waals surface area contributed by atoms with E-state index >= 15 is 0 Å². The Balaban J connectivity index is 1.91. The number of hydrogen-bond acceptors (Lipinski definition) is 4. The highest BCUT2D eigenvalue weighted by Gasteiger charge is 2.22. The van der Waals surface area contributed by atoms with Crippen LogP contribution < -0.4 is 0 Å². The minimum atomic E-state index is -2.71. The van der Waals surface area contributed by atoms with Gasteiger partial charge in [0.15, 0.2) is 5.65 Å². The third kappa shape index (κ3) is 3.21. The van der Waals surface area contributed by atoms with Crippen LogP contribution in [0.25, 0.3) is 5.65 Å². The number of carbonyl (C=O) groups is 1. The molecule has 132 valence electrons. The third-order valence-corrected chi connectivity index (χ3v) is 3.85. The Morgan fingerprint density at radius 1 is 1.40 bits per heavy atom. The number of hydrogen-bond donors (Lipinski definition) is 0. The summed E-state index contributed by atoms with van der Waals surface area (Å²) in [7, 11) is 1.63. The van der Waals surface area contributed by atoms with E-state index < -0.39 is 6.43 Å². The number of alkyl halides is 2. The van der Waals surface area contributed by atoms with Crippen molar-refractivity contribution in [2.75, 3.05) is 7.05 Å². The third-order valence-electron chi connectivity index (χ3n) is 3.85. The largest absolute Gasteiger partial charge is 0.336 e. The first-order valence-electron chi connectivity index (χ1n) is 7.82. The van der Waals surface area contributed by atoms with Crippen LogP contribution in [0.3, 0.4) is 0 Å². The van der Waals surface area contributed by atoms with Gasteiger partial charge >= 0.3 is 0 Å². The Morgan fingerprint density at radius 2 is 2.16 bits per heavy atom. The molecule has 0 aliphatic carbocycles. The first kappa shape index (κ1) is 17.0. The monoisotopic (exact) mass is 348 g/mol. The molecule has 0 radical (unpaired) electrons. The molecule has 3 rings (SSSR count). The SMILES string of the molecule is CCn1ccc(CN(C)C(=O)c2cnn3c(C(F)F)cc(C)nc23)n1. The van der Waals surface area contributed by atoms with E-state index in [1.165, 1.54) is 17.2 Å². The molecule has 0 fully saturated rings. The summed E-state index contributed by atoms with van der Waals surface area (Å²) >= 11 is 0. The van der Waals surface area contributed by atoms with Crippen molar-refractivity contribution in [3.63, 3.8) is 0 Å². The van der Waals surface area contributed by atoms with Gasteiger partial charge in [0.1, 0.15) is 11.3 Å². The molecule has 3 aromatic heterocycles. The van der Waals surface area contributed by atoms with Gasteiger partial charge in [-0.05, 0) is 26.0 Å². The topological polar surface area (TPSA) is 68.3 Å². The fraction of sp³-hybridized carbons (Fsp3) is 0.375. The van der Waals surface area contributed by atoms with Crippen molar-refractivity contribution in [3.05, 3.63) is 47.2 Å². The second-order valence-corrected chi connectivity index (χ2v) is 5.74. The lowest BCUT2D eigenvalue weighted by molar-refractivity contribution is 0.0784. The van der Waals surface area contributed by atoms with E-state index in [0.29, 0.717) is 12.2 Å². The fourth-order valence-corrected chi connectivity index (χ4v) is 2.60. The molecular weight excluding hydrogens is 330 g/mol. The van der Waals surface area contributed by atoms with Gasteiger partial charge in [-0.1, -0.05) is 0 Å². The van der Waals surface area contributed by atoms with Gasteiger partial charge in [0.25, 0.3) is 12.3 Å². The van der Waals surface area contributed by atoms with Crippen LogP contribution in [0.2, 0.25) is 0 Å². The Morgan fingerprint density at radius 3 is 2.80 bits per heavy atom. The Labute approximate surface area is 142 Å². The molecule has 0 bridgehead atoms. The summed E-state index contributed by atoms with van der Waals surface area (Å²) in [5, 5.41) is 8.25. The van der Waals surface area contributed by atoms with Crippen molar-refractivity contribution in [2.24, 2.45) is 0 Å². The molecule has 0 N–H and O–H groups in total. The van der Waals surface area contributed by atoms with E-state index in [1.54, 1.807) is 18.7 Å². The maximum absolute atomic E-state index is 13.2. The van der Waals surface area contributed by atoms with Crippen LogP contribution in [-0.4, -0.2) is 42.2 Å². The quantitative estimate of drug-likeness (QED) is 0.710. The average Bonchev–Trinajstić information content (AvgIpc) is 3.19. The second-order valence-electron chi connectivity index (χ2n) is 5.74. The molecule has 0 spiro atoms. The molecular formula is C16H18F2N6O. The summed E-state index contributed by atoms with van der Waals surface area (Å²) in [5.41, 5.74) is 1.17. The molecule has 0 aliphatic heterocycles. The molecule has 3 aromatic rings. The van der Waals surface area contributed by atoms with E-state index in [0.717, 1.165) is 16.8 Å². The molecule has 7 nitrogen and oxygen atoms in total. The fourth-order valence-electron chi connectivity index (χ4n) is 2.60. The molecule has 9 heteroatoms. The number of amides is 1. The van der Waals surface area contributed by atoms with Gasteiger partial charge in [0, 0.05) is 25.5 Å². The highest BCUT2D eigenvalue weighted by atomic mass is 19.3. The molecule has 0 saturated carbocycles. The van der Waals surface area contributed by atoms with Gasteiger partial charge in [-0.25, -0.2) is 18.3 Å². The first-order valence-corrected chi connectivity index (χ1v) is 7.82. The van der Waals surface area contributed by atoms with Crippen molar-refractivity contribution in [1.82, 2.24) is 29.3 Å². The zero-order chi connectivity index (χ0) is 18.1. The van der Waals surface area contributed by atoms with Gasteiger partial charge in [-0.2, -0.15) is 10.2 Å². The van der Waals surface area contributed by atoms with Gasteiger partial charge < -0.3 is 4.90 Å². The Kier molecular flexibility index (Phi) is 4.47. The molecule has 0 unspecified atom stereocenters. The van der Waals surface area contributed by atoms with Crippen LogP contribution in [-0.2, 0) is 13.1 Å². The molecule has 25 heavy (non-hydrogen) atoms. The number of halogens is 2. The van der Waals surface area contributed by atoms with Crippen molar-refractivity contribution in [1.29, 1.82) is 0 Å². The van der Waals surface area contributed by atoms with Crippen LogP contribution in [0, 0.1) is 6.92 Å². The van der Waals surface area contributed by atoms with Gasteiger partial charge in [0.2, 0.25) is 0 Å². The Hall–Kier alpha value is -2.84. The number of fused-ring (bicyclic) bond motifs is 1. The van der Waals surface area contributed by atoms with Gasteiger partial charge in [-0.3, -0.25) is 9.48 Å². The number of aromatic nitrogens is 5. The van der Waals surface area contributed by atoms with Crippen molar-refractivity contribution < 1.29 is 13.6 Å². The van der Waals surface area contributed by atoms with Crippen molar-refractivity contribution in [3.8, 4) is 0 Å². The highest BCUT2D eigenvalue weighted by molar-refractivity contribution is 5.99. The van der Waals surface area contributed by atoms with E-state index in [4.69, 9.17) is 0 Å². The maximum Gasteiger partial charge on any atom is 0.280 e. The Bertz CT molecular complexity index is 917. The van der Waals surface area contributed by atoms with E-state index in [9.17, 15) is 13.6 Å². The predicted octanol–water partition coefficient (Wildman–Crippen LogP) is 2.46. The minimum Gasteiger partial charge on any atom is -0.336 e. The molecule has 0 saturated heterocycles. The summed E-state index contributed by atoms with van der Waals surface area (Å²) in [6.45, 7) is 4.62. The number of carbonyl (C=O) groups excluding carboxylic acids is 1. The highest BCUT2D eigenvalue weighted by Crippen LogP contribution is 2.22. The van der Waals surface area contributed by atoms with Crippen LogP contribution in [0.5, 0.6) is 0 Å². The predicted molar refractivity (Wildman–Crippen MR) is 86.4 cm³/mol. The minimum absolute atomic E-state index is 0.131. The van der Waals surface area contributed by atoms with Crippen LogP contribution in [0.1, 0.15) is 40.8 Å². The second kappa shape index (κ2) is 6.58. The summed E-state index contributed by atoms with van der Waals surface area (Å²) in [6, 6.07) is 3.10. The number of aryl methyl sites for hydroxylation is 2. The molecule has 3 heterocycles.